The van der Waals surface area contributed by atoms with Gasteiger partial charge in [-0.05, 0) is 19.0 Å². The summed E-state index contributed by atoms with van der Waals surface area (Å²) in [4.78, 5) is 0. The predicted molar refractivity (Wildman–Crippen MR) is 63.3 cm³/mol. The predicted octanol–water partition coefficient (Wildman–Crippen LogP) is 1.90. The minimum absolute atomic E-state index is 0.394. The number of nitrogens with zero attached hydrogens (tertiary/aromatic N) is 1. The molecule has 0 bridgehead atoms. The fourth-order valence-corrected chi connectivity index (χ4v) is 10.1. The molecule has 78 valence electrons. The van der Waals surface area contributed by atoms with Crippen LogP contribution < -0.4 is 0 Å². The number of rotatable bonds is 1. The average molecular weight is 217 g/mol. The van der Waals surface area contributed by atoms with Crippen molar-refractivity contribution < 1.29 is 4.74 Å². The van der Waals surface area contributed by atoms with Gasteiger partial charge in [0.15, 0.2) is 0 Å². The summed E-state index contributed by atoms with van der Waals surface area (Å²) in [5.41, 5.74) is 0. The normalized spacial score (nSPS) is 28.2. The first-order valence-corrected chi connectivity index (χ1v) is 11.3. The highest BCUT2D eigenvalue weighted by Gasteiger charge is 2.31. The van der Waals surface area contributed by atoms with E-state index in [-0.39, 0.29) is 0 Å². The molecule has 1 unspecified atom stereocenters. The molecule has 0 aliphatic carbocycles. The summed E-state index contributed by atoms with van der Waals surface area (Å²) in [5.74, 6) is 0. The van der Waals surface area contributed by atoms with E-state index in [1.807, 2.05) is 0 Å². The van der Waals surface area contributed by atoms with Gasteiger partial charge in [-0.3, -0.25) is 0 Å². The van der Waals surface area contributed by atoms with Gasteiger partial charge < -0.3 is 8.97 Å². The molecule has 0 amide bonds. The van der Waals surface area contributed by atoms with E-state index in [1.54, 1.807) is 6.04 Å². The molecule has 13 heavy (non-hydrogen) atoms. The molecule has 0 aromatic heterocycles. The Morgan fingerprint density at radius 1 is 1.23 bits per heavy atom. The third-order valence-corrected chi connectivity index (χ3v) is 10.8. The Balaban J connectivity index is 0.000000236. The highest BCUT2D eigenvalue weighted by Crippen LogP contribution is 2.21. The van der Waals surface area contributed by atoms with Gasteiger partial charge in [0, 0.05) is 0 Å². The molecule has 0 spiro atoms. The maximum atomic E-state index is 4.50. The van der Waals surface area contributed by atoms with Gasteiger partial charge in [0.25, 0.3) is 0 Å². The molecule has 2 aliphatic heterocycles. The quantitative estimate of drug-likeness (QED) is 0.492. The third-order valence-electron chi connectivity index (χ3n) is 2.62. The summed E-state index contributed by atoms with van der Waals surface area (Å²) < 4.78 is 7.37. The van der Waals surface area contributed by atoms with Crippen molar-refractivity contribution in [3.8, 4) is 0 Å². The molecular formula is C9H23NOSi2. The van der Waals surface area contributed by atoms with E-state index >= 15 is 0 Å². The molecule has 2 aliphatic rings. The van der Waals surface area contributed by atoms with Crippen LogP contribution in [0.4, 0.5) is 0 Å². The lowest BCUT2D eigenvalue weighted by molar-refractivity contribution is 0.475. The summed E-state index contributed by atoms with van der Waals surface area (Å²) in [6, 6.07) is 1.56. The summed E-state index contributed by atoms with van der Waals surface area (Å²) in [6.45, 7) is 13.3. The van der Waals surface area contributed by atoms with Crippen LogP contribution in [0.3, 0.4) is 0 Å². The molecule has 4 heteroatoms. The fraction of sp³-hybridized carbons (Fsp3) is 1.00. The van der Waals surface area contributed by atoms with Crippen LogP contribution in [-0.4, -0.2) is 41.2 Å². The summed E-state index contributed by atoms with van der Waals surface area (Å²) in [6.07, 6.45) is 1.48. The van der Waals surface area contributed by atoms with Crippen molar-refractivity contribution in [3.63, 3.8) is 0 Å². The van der Waals surface area contributed by atoms with E-state index < -0.39 is 17.2 Å². The van der Waals surface area contributed by atoms with Gasteiger partial charge in [-0.15, -0.1) is 0 Å². The number of ether oxygens (including phenoxy) is 1. The van der Waals surface area contributed by atoms with Crippen LogP contribution in [0.25, 0.3) is 0 Å². The molecule has 0 aromatic carbocycles. The van der Waals surface area contributed by atoms with Gasteiger partial charge in [-0.25, -0.2) is 0 Å². The molecule has 0 radical (unpaired) electrons. The smallest absolute Gasteiger partial charge is 0.112 e. The molecular weight excluding hydrogens is 194 g/mol. The van der Waals surface area contributed by atoms with Crippen molar-refractivity contribution in [1.82, 2.24) is 4.23 Å². The number of epoxide rings is 1. The second-order valence-electron chi connectivity index (χ2n) is 4.97. The van der Waals surface area contributed by atoms with Crippen molar-refractivity contribution >= 4 is 17.2 Å². The highest BCUT2D eigenvalue weighted by molar-refractivity contribution is 6.83. The van der Waals surface area contributed by atoms with Crippen LogP contribution in [0.15, 0.2) is 0 Å². The van der Waals surface area contributed by atoms with E-state index in [1.165, 1.54) is 13.0 Å². The lowest BCUT2D eigenvalue weighted by atomic mass is 10.5. The zero-order chi connectivity index (χ0) is 9.90. The summed E-state index contributed by atoms with van der Waals surface area (Å²) in [7, 11) is -1.29. The van der Waals surface area contributed by atoms with Crippen LogP contribution in [0.5, 0.6) is 0 Å². The largest absolute Gasteiger partial charge is 0.377 e. The third kappa shape index (κ3) is 4.40. The Kier molecular flexibility index (Phi) is 4.16. The van der Waals surface area contributed by atoms with Crippen molar-refractivity contribution in [2.45, 2.75) is 38.7 Å². The Bertz CT molecular complexity index is 153. The minimum atomic E-state index is -0.892. The molecule has 2 rings (SSSR count). The van der Waals surface area contributed by atoms with E-state index in [0.29, 0.717) is 0 Å². The SMILES string of the molecule is C1CO1.C[SiH]1CCCN1[Si](C)(C)C. The maximum Gasteiger partial charge on any atom is 0.112 e. The first-order valence-electron chi connectivity index (χ1n) is 5.36. The maximum absolute atomic E-state index is 4.50. The second-order valence-corrected chi connectivity index (χ2v) is 13.3. The van der Waals surface area contributed by atoms with E-state index in [0.717, 1.165) is 13.2 Å². The van der Waals surface area contributed by atoms with Crippen molar-refractivity contribution in [3.05, 3.63) is 0 Å². The van der Waals surface area contributed by atoms with Gasteiger partial charge in [0.2, 0.25) is 0 Å². The highest BCUT2D eigenvalue weighted by atomic mass is 28.4. The molecule has 2 saturated heterocycles. The van der Waals surface area contributed by atoms with Crippen LogP contribution in [0.2, 0.25) is 32.2 Å². The molecule has 2 nitrogen and oxygen atoms in total. The van der Waals surface area contributed by atoms with Crippen LogP contribution in [0.1, 0.15) is 6.42 Å². The molecule has 0 saturated carbocycles. The number of hydrogen-bond acceptors (Lipinski definition) is 2. The van der Waals surface area contributed by atoms with E-state index in [2.05, 4.69) is 35.2 Å². The lowest BCUT2D eigenvalue weighted by Crippen LogP contribution is -2.49. The van der Waals surface area contributed by atoms with Gasteiger partial charge in [-0.1, -0.05) is 26.2 Å². The van der Waals surface area contributed by atoms with E-state index in [9.17, 15) is 0 Å². The zero-order valence-electron chi connectivity index (χ0n) is 9.47. The Hall–Kier alpha value is 0.354. The molecule has 0 aromatic rings. The van der Waals surface area contributed by atoms with E-state index in [4.69, 9.17) is 0 Å². The van der Waals surface area contributed by atoms with Crippen molar-refractivity contribution in [1.29, 1.82) is 0 Å². The molecule has 2 heterocycles. The zero-order valence-corrected chi connectivity index (χ0v) is 11.6. The van der Waals surface area contributed by atoms with Crippen molar-refractivity contribution in [2.75, 3.05) is 19.8 Å². The molecule has 1 atom stereocenters. The Morgan fingerprint density at radius 3 is 1.92 bits per heavy atom. The Labute approximate surface area is 85.0 Å². The van der Waals surface area contributed by atoms with Crippen LogP contribution in [-0.2, 0) is 4.74 Å². The Morgan fingerprint density at radius 2 is 1.77 bits per heavy atom. The van der Waals surface area contributed by atoms with Gasteiger partial charge in [0.1, 0.15) is 17.2 Å². The monoisotopic (exact) mass is 217 g/mol. The summed E-state index contributed by atoms with van der Waals surface area (Å²) >= 11 is 0. The topological polar surface area (TPSA) is 15.8 Å². The first kappa shape index (κ1) is 11.4. The molecule has 0 N–H and O–H groups in total. The fourth-order valence-electron chi connectivity index (χ4n) is 1.93. The van der Waals surface area contributed by atoms with Crippen LogP contribution in [0, 0.1) is 0 Å². The van der Waals surface area contributed by atoms with Gasteiger partial charge >= 0.3 is 0 Å². The first-order chi connectivity index (χ1) is 6.02. The van der Waals surface area contributed by atoms with Gasteiger partial charge in [-0.2, -0.15) is 0 Å². The lowest BCUT2D eigenvalue weighted by Gasteiger charge is -2.33. The van der Waals surface area contributed by atoms with Gasteiger partial charge in [0.05, 0.1) is 13.2 Å². The average Bonchev–Trinajstić information content (AvgIpc) is 2.79. The second kappa shape index (κ2) is 4.73. The number of hydrogen-bond donors (Lipinski definition) is 0. The standard InChI is InChI=1S/C7H19NSi2.C2H4O/c1-9-7-5-6-8(9)10(2,3)4;1-2-3-1/h9H,5-7H2,1-4H3;1-2H2. The van der Waals surface area contributed by atoms with Crippen molar-refractivity contribution in [2.24, 2.45) is 0 Å². The van der Waals surface area contributed by atoms with Crippen LogP contribution >= 0.6 is 0 Å². The minimum Gasteiger partial charge on any atom is -0.377 e. The molecule has 2 fully saturated rings. The summed E-state index contributed by atoms with van der Waals surface area (Å²) in [5, 5.41) is 0.